The topological polar surface area (TPSA) is 59.0 Å². The zero-order chi connectivity index (χ0) is 13.8. The van der Waals surface area contributed by atoms with Crippen LogP contribution in [0.4, 0.5) is 11.4 Å². The van der Waals surface area contributed by atoms with Crippen LogP contribution in [0.5, 0.6) is 0 Å². The van der Waals surface area contributed by atoms with Gasteiger partial charge >= 0.3 is 0 Å². The number of amides is 1. The third-order valence-corrected chi connectivity index (χ3v) is 2.80. The average molecular weight is 258 g/mol. The number of rotatable bonds is 4. The fraction of sp³-hybridized carbons (Fsp3) is 0.286. The van der Waals surface area contributed by atoms with Crippen molar-refractivity contribution in [2.75, 3.05) is 10.6 Å². The van der Waals surface area contributed by atoms with Gasteiger partial charge in [0.1, 0.15) is 0 Å². The van der Waals surface area contributed by atoms with Crippen molar-refractivity contribution >= 4 is 17.3 Å². The van der Waals surface area contributed by atoms with Crippen LogP contribution in [0.15, 0.2) is 30.6 Å². The molecule has 0 saturated heterocycles. The predicted molar refractivity (Wildman–Crippen MR) is 76.0 cm³/mol. The molecule has 2 rings (SSSR count). The molecule has 5 nitrogen and oxygen atoms in total. The van der Waals surface area contributed by atoms with Gasteiger partial charge in [-0.1, -0.05) is 6.07 Å². The number of aryl methyl sites for hydroxylation is 2. The van der Waals surface area contributed by atoms with Crippen LogP contribution < -0.4 is 10.6 Å². The summed E-state index contributed by atoms with van der Waals surface area (Å²) in [6, 6.07) is 5.92. The molecule has 5 heteroatoms. The third-order valence-electron chi connectivity index (χ3n) is 2.80. The highest BCUT2D eigenvalue weighted by Crippen LogP contribution is 2.20. The molecule has 0 radical (unpaired) electrons. The minimum Gasteiger partial charge on any atom is -0.381 e. The number of hydrogen-bond acceptors (Lipinski definition) is 3. The van der Waals surface area contributed by atoms with Gasteiger partial charge in [-0.15, -0.1) is 0 Å². The van der Waals surface area contributed by atoms with E-state index >= 15 is 0 Å². The average Bonchev–Trinajstić information content (AvgIpc) is 2.75. The molecule has 1 amide bonds. The lowest BCUT2D eigenvalue weighted by Gasteiger charge is -2.10. The third kappa shape index (κ3) is 3.58. The molecule has 1 aromatic heterocycles. The van der Waals surface area contributed by atoms with Gasteiger partial charge in [0.05, 0.1) is 6.20 Å². The van der Waals surface area contributed by atoms with E-state index in [0.717, 1.165) is 22.5 Å². The largest absolute Gasteiger partial charge is 0.381 e. The van der Waals surface area contributed by atoms with Crippen LogP contribution in [-0.4, -0.2) is 15.7 Å². The van der Waals surface area contributed by atoms with Crippen molar-refractivity contribution in [2.45, 2.75) is 20.4 Å². The molecule has 0 aliphatic heterocycles. The summed E-state index contributed by atoms with van der Waals surface area (Å²) in [5.74, 6) is -0.0625. The van der Waals surface area contributed by atoms with Gasteiger partial charge in [0.25, 0.3) is 0 Å². The molecular weight excluding hydrogens is 240 g/mol. The first-order valence-electron chi connectivity index (χ1n) is 6.14. The van der Waals surface area contributed by atoms with Crippen LogP contribution >= 0.6 is 0 Å². The van der Waals surface area contributed by atoms with E-state index in [9.17, 15) is 4.79 Å². The zero-order valence-corrected chi connectivity index (χ0v) is 11.4. The molecular formula is C14H18N4O. The minimum absolute atomic E-state index is 0.0625. The number of aromatic nitrogens is 2. The van der Waals surface area contributed by atoms with E-state index in [0.29, 0.717) is 6.54 Å². The van der Waals surface area contributed by atoms with E-state index in [-0.39, 0.29) is 5.91 Å². The van der Waals surface area contributed by atoms with Gasteiger partial charge in [-0.2, -0.15) is 5.10 Å². The SMILES string of the molecule is CC(=O)Nc1cc(NCc2cnn(C)c2)ccc1C. The van der Waals surface area contributed by atoms with Crippen LogP contribution in [0.1, 0.15) is 18.1 Å². The van der Waals surface area contributed by atoms with E-state index in [2.05, 4.69) is 15.7 Å². The molecule has 1 heterocycles. The highest BCUT2D eigenvalue weighted by molar-refractivity contribution is 5.90. The number of carbonyl (C=O) groups is 1. The molecule has 100 valence electrons. The van der Waals surface area contributed by atoms with Gasteiger partial charge in [-0.05, 0) is 24.6 Å². The molecule has 0 fully saturated rings. The first-order chi connectivity index (χ1) is 9.04. The van der Waals surface area contributed by atoms with E-state index in [1.165, 1.54) is 6.92 Å². The molecule has 0 bridgehead atoms. The summed E-state index contributed by atoms with van der Waals surface area (Å²) in [6.45, 7) is 4.18. The van der Waals surface area contributed by atoms with Crippen molar-refractivity contribution in [3.8, 4) is 0 Å². The van der Waals surface area contributed by atoms with E-state index in [1.54, 1.807) is 4.68 Å². The lowest BCUT2D eigenvalue weighted by molar-refractivity contribution is -0.114. The Bertz CT molecular complexity index is 589. The van der Waals surface area contributed by atoms with E-state index < -0.39 is 0 Å². The quantitative estimate of drug-likeness (QED) is 0.884. The van der Waals surface area contributed by atoms with Crippen molar-refractivity contribution < 1.29 is 4.79 Å². The lowest BCUT2D eigenvalue weighted by atomic mass is 10.1. The lowest BCUT2D eigenvalue weighted by Crippen LogP contribution is -2.08. The monoisotopic (exact) mass is 258 g/mol. The molecule has 1 aromatic carbocycles. The summed E-state index contributed by atoms with van der Waals surface area (Å²) in [6.07, 6.45) is 3.80. The van der Waals surface area contributed by atoms with Gasteiger partial charge in [-0.25, -0.2) is 0 Å². The van der Waals surface area contributed by atoms with Gasteiger partial charge in [0.15, 0.2) is 0 Å². The first-order valence-corrected chi connectivity index (χ1v) is 6.14. The first kappa shape index (κ1) is 13.1. The Balaban J connectivity index is 2.06. The highest BCUT2D eigenvalue weighted by Gasteiger charge is 2.02. The summed E-state index contributed by atoms with van der Waals surface area (Å²) >= 11 is 0. The predicted octanol–water partition coefficient (Wildman–Crippen LogP) is 2.30. The van der Waals surface area contributed by atoms with Crippen LogP contribution in [0.3, 0.4) is 0 Å². The Labute approximate surface area is 112 Å². The molecule has 0 aliphatic carbocycles. The smallest absolute Gasteiger partial charge is 0.221 e. The zero-order valence-electron chi connectivity index (χ0n) is 11.4. The Morgan fingerprint density at radius 3 is 2.84 bits per heavy atom. The Morgan fingerprint density at radius 1 is 1.42 bits per heavy atom. The van der Waals surface area contributed by atoms with Crippen molar-refractivity contribution in [3.05, 3.63) is 41.7 Å². The van der Waals surface area contributed by atoms with E-state index in [1.807, 2.05) is 44.6 Å². The van der Waals surface area contributed by atoms with Crippen LogP contribution in [0.25, 0.3) is 0 Å². The number of nitrogens with zero attached hydrogens (tertiary/aromatic N) is 2. The van der Waals surface area contributed by atoms with Gasteiger partial charge < -0.3 is 10.6 Å². The van der Waals surface area contributed by atoms with Crippen molar-refractivity contribution in [2.24, 2.45) is 7.05 Å². The molecule has 0 unspecified atom stereocenters. The molecule has 0 aliphatic rings. The van der Waals surface area contributed by atoms with Gasteiger partial charge in [-0.3, -0.25) is 9.48 Å². The number of benzene rings is 1. The number of nitrogens with one attached hydrogen (secondary N) is 2. The van der Waals surface area contributed by atoms with Crippen LogP contribution in [0, 0.1) is 6.92 Å². The minimum atomic E-state index is -0.0625. The molecule has 0 atom stereocenters. The molecule has 2 N–H and O–H groups in total. The second kappa shape index (κ2) is 5.56. The van der Waals surface area contributed by atoms with Crippen LogP contribution in [0.2, 0.25) is 0 Å². The maximum absolute atomic E-state index is 11.1. The van der Waals surface area contributed by atoms with Gasteiger partial charge in [0.2, 0.25) is 5.91 Å². The second-order valence-electron chi connectivity index (χ2n) is 4.59. The summed E-state index contributed by atoms with van der Waals surface area (Å²) in [5.41, 5.74) is 3.97. The standard InChI is InChI=1S/C14H18N4O/c1-10-4-5-13(6-14(10)17-11(2)19)15-7-12-8-16-18(3)9-12/h4-6,8-9,15H,7H2,1-3H3,(H,17,19). The Hall–Kier alpha value is -2.30. The normalized spacial score (nSPS) is 10.3. The van der Waals surface area contributed by atoms with Crippen molar-refractivity contribution in [1.82, 2.24) is 9.78 Å². The fourth-order valence-electron chi connectivity index (χ4n) is 1.82. The summed E-state index contributed by atoms with van der Waals surface area (Å²) < 4.78 is 1.77. The highest BCUT2D eigenvalue weighted by atomic mass is 16.1. The second-order valence-corrected chi connectivity index (χ2v) is 4.59. The summed E-state index contributed by atoms with van der Waals surface area (Å²) in [4.78, 5) is 11.1. The number of carbonyl (C=O) groups excluding carboxylic acids is 1. The molecule has 19 heavy (non-hydrogen) atoms. The number of hydrogen-bond donors (Lipinski definition) is 2. The summed E-state index contributed by atoms with van der Waals surface area (Å²) in [5, 5.41) is 10.3. The maximum atomic E-state index is 11.1. The molecule has 0 saturated carbocycles. The number of anilines is 2. The van der Waals surface area contributed by atoms with E-state index in [4.69, 9.17) is 0 Å². The molecule has 0 spiro atoms. The molecule has 2 aromatic rings. The Morgan fingerprint density at radius 2 is 2.21 bits per heavy atom. The summed E-state index contributed by atoms with van der Waals surface area (Å²) in [7, 11) is 1.89. The Kier molecular flexibility index (Phi) is 3.85. The maximum Gasteiger partial charge on any atom is 0.221 e. The fourth-order valence-corrected chi connectivity index (χ4v) is 1.82. The van der Waals surface area contributed by atoms with Crippen molar-refractivity contribution in [3.63, 3.8) is 0 Å². The van der Waals surface area contributed by atoms with Crippen LogP contribution in [-0.2, 0) is 18.4 Å². The van der Waals surface area contributed by atoms with Crippen molar-refractivity contribution in [1.29, 1.82) is 0 Å². The van der Waals surface area contributed by atoms with Gasteiger partial charge in [0, 0.05) is 43.7 Å².